The lowest BCUT2D eigenvalue weighted by Gasteiger charge is -2.23. The van der Waals surface area contributed by atoms with E-state index in [1.165, 1.54) is 16.8 Å². The molecule has 0 aliphatic heterocycles. The summed E-state index contributed by atoms with van der Waals surface area (Å²) in [6, 6.07) is 9.11. The van der Waals surface area contributed by atoms with E-state index in [0.717, 1.165) is 25.8 Å². The summed E-state index contributed by atoms with van der Waals surface area (Å²) in [5.74, 6) is 0.589. The molecular formula is C16H22N4. The molecule has 4 heteroatoms. The highest BCUT2D eigenvalue weighted by molar-refractivity contribution is 5.33. The highest BCUT2D eigenvalue weighted by Gasteiger charge is 2.30. The normalized spacial score (nSPS) is 16.3. The van der Waals surface area contributed by atoms with Gasteiger partial charge in [-0.1, -0.05) is 36.4 Å². The molecule has 0 saturated carbocycles. The van der Waals surface area contributed by atoms with Gasteiger partial charge >= 0.3 is 0 Å². The summed E-state index contributed by atoms with van der Waals surface area (Å²) in [6.45, 7) is 3.11. The van der Waals surface area contributed by atoms with Gasteiger partial charge in [-0.05, 0) is 43.4 Å². The fraction of sp³-hybridized carbons (Fsp3) is 0.500. The Morgan fingerprint density at radius 1 is 1.30 bits per heavy atom. The summed E-state index contributed by atoms with van der Waals surface area (Å²) in [6.07, 6.45) is 5.27. The summed E-state index contributed by atoms with van der Waals surface area (Å²) in [5, 5.41) is 11.8. The number of hydrogen-bond acceptors (Lipinski definition) is 3. The first-order chi connectivity index (χ1) is 9.83. The van der Waals surface area contributed by atoms with Gasteiger partial charge in [-0.15, -0.1) is 5.10 Å². The summed E-state index contributed by atoms with van der Waals surface area (Å²) in [4.78, 5) is 0. The Hall–Kier alpha value is -1.68. The summed E-state index contributed by atoms with van der Waals surface area (Å²) >= 11 is 0. The maximum atomic E-state index is 4.22. The van der Waals surface area contributed by atoms with Crippen LogP contribution in [0.1, 0.15) is 36.2 Å². The van der Waals surface area contributed by atoms with Gasteiger partial charge < -0.3 is 5.32 Å². The number of aromatic nitrogens is 3. The Morgan fingerprint density at radius 3 is 2.60 bits per heavy atom. The van der Waals surface area contributed by atoms with Crippen LogP contribution in [0.4, 0.5) is 0 Å². The van der Waals surface area contributed by atoms with Gasteiger partial charge in [0.1, 0.15) is 0 Å². The largest absolute Gasteiger partial charge is 0.311 e. The van der Waals surface area contributed by atoms with Crippen molar-refractivity contribution < 1.29 is 0 Å². The third-order valence-corrected chi connectivity index (χ3v) is 4.27. The average Bonchev–Trinajstić information content (AvgIpc) is 3.07. The minimum absolute atomic E-state index is 0.323. The van der Waals surface area contributed by atoms with Crippen LogP contribution < -0.4 is 5.32 Å². The van der Waals surface area contributed by atoms with Crippen LogP contribution in [0, 0.1) is 5.92 Å². The molecule has 1 aromatic heterocycles. The zero-order valence-corrected chi connectivity index (χ0v) is 12.2. The van der Waals surface area contributed by atoms with Crippen molar-refractivity contribution >= 4 is 0 Å². The van der Waals surface area contributed by atoms with Crippen LogP contribution in [-0.2, 0) is 19.4 Å². The van der Waals surface area contributed by atoms with Crippen LogP contribution in [0.3, 0.4) is 0 Å². The van der Waals surface area contributed by atoms with Gasteiger partial charge in [0.15, 0.2) is 0 Å². The van der Waals surface area contributed by atoms with Gasteiger partial charge in [-0.3, -0.25) is 0 Å². The second-order valence-electron chi connectivity index (χ2n) is 5.59. The van der Waals surface area contributed by atoms with Crippen LogP contribution in [-0.4, -0.2) is 22.0 Å². The van der Waals surface area contributed by atoms with Crippen molar-refractivity contribution in [3.63, 3.8) is 0 Å². The molecule has 1 aliphatic carbocycles. The second-order valence-corrected chi connectivity index (χ2v) is 5.59. The molecule has 1 heterocycles. The molecule has 3 rings (SSSR count). The maximum absolute atomic E-state index is 4.22. The third kappa shape index (κ3) is 2.36. The van der Waals surface area contributed by atoms with E-state index >= 15 is 0 Å². The lowest BCUT2D eigenvalue weighted by atomic mass is 9.94. The number of nitrogens with zero attached hydrogens (tertiary/aromatic N) is 3. The van der Waals surface area contributed by atoms with Crippen LogP contribution in [0.5, 0.6) is 0 Å². The molecule has 0 fully saturated rings. The fourth-order valence-electron chi connectivity index (χ4n) is 3.35. The zero-order valence-electron chi connectivity index (χ0n) is 12.2. The Morgan fingerprint density at radius 2 is 2.00 bits per heavy atom. The maximum Gasteiger partial charge on any atom is 0.0759 e. The second kappa shape index (κ2) is 5.75. The molecule has 0 radical (unpaired) electrons. The first-order valence-corrected chi connectivity index (χ1v) is 7.46. The van der Waals surface area contributed by atoms with E-state index < -0.39 is 0 Å². The number of benzene rings is 1. The number of rotatable bonds is 5. The molecule has 1 aliphatic rings. The van der Waals surface area contributed by atoms with Crippen molar-refractivity contribution in [2.75, 3.05) is 7.05 Å². The third-order valence-electron chi connectivity index (χ3n) is 4.27. The van der Waals surface area contributed by atoms with Crippen LogP contribution >= 0.6 is 0 Å². The first-order valence-electron chi connectivity index (χ1n) is 7.46. The Kier molecular flexibility index (Phi) is 3.83. The molecule has 0 saturated heterocycles. The van der Waals surface area contributed by atoms with Crippen LogP contribution in [0.25, 0.3) is 0 Å². The van der Waals surface area contributed by atoms with Gasteiger partial charge in [0.2, 0.25) is 0 Å². The van der Waals surface area contributed by atoms with Crippen molar-refractivity contribution in [3.05, 3.63) is 47.3 Å². The summed E-state index contributed by atoms with van der Waals surface area (Å²) in [7, 11) is 2.04. The monoisotopic (exact) mass is 270 g/mol. The van der Waals surface area contributed by atoms with Gasteiger partial charge in [-0.25, -0.2) is 4.68 Å². The van der Waals surface area contributed by atoms with Crippen molar-refractivity contribution in [1.29, 1.82) is 0 Å². The van der Waals surface area contributed by atoms with E-state index in [1.807, 2.05) is 17.9 Å². The quantitative estimate of drug-likeness (QED) is 0.907. The van der Waals surface area contributed by atoms with E-state index in [2.05, 4.69) is 46.8 Å². The molecular weight excluding hydrogens is 248 g/mol. The van der Waals surface area contributed by atoms with E-state index in [4.69, 9.17) is 0 Å². The lowest BCUT2D eigenvalue weighted by molar-refractivity contribution is 0.368. The number of aryl methyl sites for hydroxylation is 1. The molecule has 0 spiro atoms. The molecule has 106 valence electrons. The fourth-order valence-corrected chi connectivity index (χ4v) is 3.35. The Labute approximate surface area is 120 Å². The molecule has 2 aromatic rings. The van der Waals surface area contributed by atoms with Crippen LogP contribution in [0.15, 0.2) is 30.5 Å². The average molecular weight is 270 g/mol. The molecule has 0 amide bonds. The van der Waals surface area contributed by atoms with E-state index in [-0.39, 0.29) is 0 Å². The molecule has 0 bridgehead atoms. The topological polar surface area (TPSA) is 42.7 Å². The van der Waals surface area contributed by atoms with Gasteiger partial charge in [0.25, 0.3) is 0 Å². The molecule has 4 nitrogen and oxygen atoms in total. The van der Waals surface area contributed by atoms with Gasteiger partial charge in [0.05, 0.1) is 17.9 Å². The first kappa shape index (κ1) is 13.3. The number of hydrogen-bond donors (Lipinski definition) is 1. The standard InChI is InChI=1S/C16H22N4/c1-3-8-20-15(11-18-19-20)16(17-2)14-9-12-6-4-5-7-13(12)10-14/h4-7,11,14,16-17H,3,8-10H2,1-2H3. The van der Waals surface area contributed by atoms with Crippen molar-refractivity contribution in [1.82, 2.24) is 20.3 Å². The van der Waals surface area contributed by atoms with E-state index in [1.54, 1.807) is 0 Å². The minimum Gasteiger partial charge on any atom is -0.311 e. The van der Waals surface area contributed by atoms with Crippen molar-refractivity contribution in [3.8, 4) is 0 Å². The van der Waals surface area contributed by atoms with E-state index in [9.17, 15) is 0 Å². The molecule has 1 unspecified atom stereocenters. The highest BCUT2D eigenvalue weighted by atomic mass is 15.4. The predicted octanol–water partition coefficient (Wildman–Crippen LogP) is 2.36. The van der Waals surface area contributed by atoms with Crippen LogP contribution in [0.2, 0.25) is 0 Å². The zero-order chi connectivity index (χ0) is 13.9. The summed E-state index contributed by atoms with van der Waals surface area (Å²) in [5.41, 5.74) is 4.20. The molecule has 1 aromatic carbocycles. The molecule has 1 N–H and O–H groups in total. The lowest BCUT2D eigenvalue weighted by Crippen LogP contribution is -2.28. The van der Waals surface area contributed by atoms with Crippen molar-refractivity contribution in [2.45, 2.75) is 38.8 Å². The predicted molar refractivity (Wildman–Crippen MR) is 79.5 cm³/mol. The smallest absolute Gasteiger partial charge is 0.0759 e. The van der Waals surface area contributed by atoms with E-state index in [0.29, 0.717) is 12.0 Å². The minimum atomic E-state index is 0.323. The number of fused-ring (bicyclic) bond motifs is 1. The Bertz CT molecular complexity index is 550. The van der Waals surface area contributed by atoms with Gasteiger partial charge in [0, 0.05) is 6.54 Å². The molecule has 20 heavy (non-hydrogen) atoms. The SMILES string of the molecule is CCCn1nncc1C(NC)C1Cc2ccccc2C1. The van der Waals surface area contributed by atoms with Crippen molar-refractivity contribution in [2.24, 2.45) is 5.92 Å². The Balaban J connectivity index is 1.83. The molecule has 1 atom stereocenters. The highest BCUT2D eigenvalue weighted by Crippen LogP contribution is 2.34. The summed E-state index contributed by atoms with van der Waals surface area (Å²) < 4.78 is 2.05. The van der Waals surface area contributed by atoms with Gasteiger partial charge in [-0.2, -0.15) is 0 Å². The number of nitrogens with one attached hydrogen (secondary N) is 1.